The van der Waals surface area contributed by atoms with Crippen molar-refractivity contribution in [3.63, 3.8) is 0 Å². The molecule has 1 aromatic heterocycles. The highest BCUT2D eigenvalue weighted by atomic mass is 35.5. The second-order valence-corrected chi connectivity index (χ2v) is 3.70. The molecule has 0 spiro atoms. The van der Waals surface area contributed by atoms with Gasteiger partial charge in [0.05, 0.1) is 11.2 Å². The highest BCUT2D eigenvalue weighted by molar-refractivity contribution is 6.30. The van der Waals surface area contributed by atoms with Crippen LogP contribution in [0.5, 0.6) is 5.75 Å². The number of aromatic nitrogens is 1. The van der Waals surface area contributed by atoms with Crippen LogP contribution in [0.4, 0.5) is 0 Å². The van der Waals surface area contributed by atoms with Gasteiger partial charge in [0.15, 0.2) is 11.9 Å². The Balaban J connectivity index is 1.99. The van der Waals surface area contributed by atoms with Gasteiger partial charge in [0.1, 0.15) is 0 Å². The lowest BCUT2D eigenvalue weighted by atomic mass is 10.2. The normalized spacial score (nSPS) is 20.2. The average Bonchev–Trinajstić information content (AvgIpc) is 2.70. The number of carbonyl (C=O) groups is 1. The fourth-order valence-corrected chi connectivity index (χ4v) is 1.56. The van der Waals surface area contributed by atoms with E-state index in [4.69, 9.17) is 21.1 Å². The molecule has 0 aliphatic carbocycles. The summed E-state index contributed by atoms with van der Waals surface area (Å²) in [5.41, 5.74) is 0. The predicted octanol–water partition coefficient (Wildman–Crippen LogP) is 1.82. The van der Waals surface area contributed by atoms with Crippen LogP contribution >= 0.6 is 11.6 Å². The zero-order valence-corrected chi connectivity index (χ0v) is 8.74. The second-order valence-electron chi connectivity index (χ2n) is 3.26. The summed E-state index contributed by atoms with van der Waals surface area (Å²) in [5.74, 6) is -0.0282. The Labute approximate surface area is 92.2 Å². The van der Waals surface area contributed by atoms with Crippen molar-refractivity contribution in [2.45, 2.75) is 18.9 Å². The Bertz CT molecular complexity index is 363. The van der Waals surface area contributed by atoms with Crippen molar-refractivity contribution in [3.05, 3.63) is 23.5 Å². The van der Waals surface area contributed by atoms with Crippen molar-refractivity contribution in [2.24, 2.45) is 0 Å². The van der Waals surface area contributed by atoms with Crippen LogP contribution in [0.3, 0.4) is 0 Å². The highest BCUT2D eigenvalue weighted by Gasteiger charge is 2.25. The third-order valence-electron chi connectivity index (χ3n) is 2.09. The van der Waals surface area contributed by atoms with Crippen LogP contribution in [-0.4, -0.2) is 23.7 Å². The van der Waals surface area contributed by atoms with Gasteiger partial charge in [0.2, 0.25) is 0 Å². The monoisotopic (exact) mass is 227 g/mol. The van der Waals surface area contributed by atoms with Crippen LogP contribution in [0.25, 0.3) is 0 Å². The quantitative estimate of drug-likeness (QED) is 0.723. The number of carbonyl (C=O) groups excluding carboxylic acids is 1. The fourth-order valence-electron chi connectivity index (χ4n) is 1.39. The summed E-state index contributed by atoms with van der Waals surface area (Å²) in [7, 11) is 0. The molecule has 1 aliphatic heterocycles. The van der Waals surface area contributed by atoms with Gasteiger partial charge < -0.3 is 9.47 Å². The van der Waals surface area contributed by atoms with Crippen molar-refractivity contribution >= 4 is 17.6 Å². The van der Waals surface area contributed by atoms with Crippen LogP contribution in [0.1, 0.15) is 12.8 Å². The van der Waals surface area contributed by atoms with Crippen molar-refractivity contribution in [1.29, 1.82) is 0 Å². The summed E-state index contributed by atoms with van der Waals surface area (Å²) in [6.07, 6.45) is 4.09. The summed E-state index contributed by atoms with van der Waals surface area (Å²) in [5, 5.41) is 0.438. The lowest BCUT2D eigenvalue weighted by Gasteiger charge is -2.08. The van der Waals surface area contributed by atoms with Gasteiger partial charge >= 0.3 is 5.97 Å². The molecule has 0 bridgehead atoms. The first-order valence-corrected chi connectivity index (χ1v) is 5.07. The zero-order valence-electron chi connectivity index (χ0n) is 7.98. The molecule has 0 aromatic carbocycles. The first-order valence-electron chi connectivity index (χ1n) is 4.69. The molecular weight excluding hydrogens is 218 g/mol. The van der Waals surface area contributed by atoms with Gasteiger partial charge in [0.25, 0.3) is 0 Å². The van der Waals surface area contributed by atoms with Gasteiger partial charge in [-0.05, 0) is 12.8 Å². The molecule has 15 heavy (non-hydrogen) atoms. The van der Waals surface area contributed by atoms with Crippen LogP contribution in [0, 0.1) is 0 Å². The molecule has 4 nitrogen and oxygen atoms in total. The Morgan fingerprint density at radius 2 is 2.47 bits per heavy atom. The Morgan fingerprint density at radius 1 is 1.60 bits per heavy atom. The highest BCUT2D eigenvalue weighted by Crippen LogP contribution is 2.18. The molecule has 1 aliphatic rings. The lowest BCUT2D eigenvalue weighted by Crippen LogP contribution is -2.24. The minimum Gasteiger partial charge on any atom is -0.423 e. The summed E-state index contributed by atoms with van der Waals surface area (Å²) in [4.78, 5) is 15.3. The molecule has 1 atom stereocenters. The fraction of sp³-hybridized carbons (Fsp3) is 0.400. The van der Waals surface area contributed by atoms with E-state index in [-0.39, 0.29) is 5.97 Å². The molecule has 2 rings (SSSR count). The molecule has 2 heterocycles. The number of pyridine rings is 1. The van der Waals surface area contributed by atoms with Crippen molar-refractivity contribution in [2.75, 3.05) is 6.61 Å². The Morgan fingerprint density at radius 3 is 3.13 bits per heavy atom. The molecule has 1 aromatic rings. The van der Waals surface area contributed by atoms with E-state index in [9.17, 15) is 4.79 Å². The van der Waals surface area contributed by atoms with E-state index < -0.39 is 6.10 Å². The molecule has 1 unspecified atom stereocenters. The standard InChI is InChI=1S/C10H10ClNO3/c11-7-4-8(6-12-5-7)15-10(13)9-2-1-3-14-9/h4-6,9H,1-3H2. The van der Waals surface area contributed by atoms with Crippen molar-refractivity contribution < 1.29 is 14.3 Å². The first kappa shape index (κ1) is 10.4. The second kappa shape index (κ2) is 4.59. The number of halogens is 1. The summed E-state index contributed by atoms with van der Waals surface area (Å²) in [6.45, 7) is 0.619. The molecular formula is C10H10ClNO3. The minimum absolute atomic E-state index is 0.350. The van der Waals surface area contributed by atoms with E-state index in [0.717, 1.165) is 6.42 Å². The van der Waals surface area contributed by atoms with Gasteiger partial charge in [-0.15, -0.1) is 0 Å². The maximum Gasteiger partial charge on any atom is 0.340 e. The van der Waals surface area contributed by atoms with Gasteiger partial charge in [-0.1, -0.05) is 11.6 Å². The number of nitrogens with zero attached hydrogens (tertiary/aromatic N) is 1. The van der Waals surface area contributed by atoms with Gasteiger partial charge in [-0.3, -0.25) is 4.98 Å². The average molecular weight is 228 g/mol. The molecule has 0 radical (unpaired) electrons. The van der Waals surface area contributed by atoms with E-state index in [1.54, 1.807) is 6.07 Å². The minimum atomic E-state index is -0.441. The summed E-state index contributed by atoms with van der Waals surface area (Å²) < 4.78 is 10.3. The topological polar surface area (TPSA) is 48.4 Å². The SMILES string of the molecule is O=C(Oc1cncc(Cl)c1)C1CCCO1. The molecule has 0 amide bonds. The first-order chi connectivity index (χ1) is 7.25. The molecule has 0 N–H and O–H groups in total. The molecule has 0 saturated carbocycles. The molecule has 5 heteroatoms. The van der Waals surface area contributed by atoms with Gasteiger partial charge in [0, 0.05) is 18.9 Å². The van der Waals surface area contributed by atoms with E-state index in [2.05, 4.69) is 4.98 Å². The number of hydrogen-bond donors (Lipinski definition) is 0. The number of rotatable bonds is 2. The third kappa shape index (κ3) is 2.67. The number of hydrogen-bond acceptors (Lipinski definition) is 4. The summed E-state index contributed by atoms with van der Waals surface area (Å²) >= 11 is 5.70. The van der Waals surface area contributed by atoms with Gasteiger partial charge in [-0.25, -0.2) is 4.79 Å². The Kier molecular flexibility index (Phi) is 3.18. The van der Waals surface area contributed by atoms with Crippen LogP contribution < -0.4 is 4.74 Å². The van der Waals surface area contributed by atoms with Crippen molar-refractivity contribution in [1.82, 2.24) is 4.98 Å². The molecule has 80 valence electrons. The smallest absolute Gasteiger partial charge is 0.340 e. The number of esters is 1. The van der Waals surface area contributed by atoms with Crippen LogP contribution in [0.15, 0.2) is 18.5 Å². The summed E-state index contributed by atoms with van der Waals surface area (Å²) in [6, 6.07) is 1.54. The van der Waals surface area contributed by atoms with E-state index >= 15 is 0 Å². The Hall–Kier alpha value is -1.13. The lowest BCUT2D eigenvalue weighted by molar-refractivity contribution is -0.144. The maximum atomic E-state index is 11.5. The van der Waals surface area contributed by atoms with E-state index in [1.165, 1.54) is 12.4 Å². The predicted molar refractivity (Wildman–Crippen MR) is 53.9 cm³/mol. The maximum absolute atomic E-state index is 11.5. The number of ether oxygens (including phenoxy) is 2. The van der Waals surface area contributed by atoms with Crippen molar-refractivity contribution in [3.8, 4) is 5.75 Å². The van der Waals surface area contributed by atoms with Crippen LogP contribution in [-0.2, 0) is 9.53 Å². The molecule has 1 fully saturated rings. The largest absolute Gasteiger partial charge is 0.423 e. The third-order valence-corrected chi connectivity index (χ3v) is 2.30. The zero-order chi connectivity index (χ0) is 10.7. The molecule has 1 saturated heterocycles. The van der Waals surface area contributed by atoms with E-state index in [0.29, 0.717) is 23.8 Å². The van der Waals surface area contributed by atoms with Crippen LogP contribution in [0.2, 0.25) is 5.02 Å². The van der Waals surface area contributed by atoms with Gasteiger partial charge in [-0.2, -0.15) is 0 Å². The van der Waals surface area contributed by atoms with E-state index in [1.807, 2.05) is 0 Å².